The molecule has 1 saturated heterocycles. The van der Waals surface area contributed by atoms with Gasteiger partial charge in [-0.3, -0.25) is 0 Å². The minimum Gasteiger partial charge on any atom is -0.372 e. The van der Waals surface area contributed by atoms with Crippen LogP contribution < -0.4 is 5.73 Å². The van der Waals surface area contributed by atoms with Crippen LogP contribution in [0.25, 0.3) is 0 Å². The number of likely N-dealkylation sites (N-methyl/N-ethyl adjacent to an activating group) is 1. The van der Waals surface area contributed by atoms with Crippen LogP contribution in [0, 0.1) is 5.92 Å². The summed E-state index contributed by atoms with van der Waals surface area (Å²) in [5.41, 5.74) is 5.58. The molecule has 3 nitrogen and oxygen atoms in total. The molecule has 0 spiro atoms. The summed E-state index contributed by atoms with van der Waals surface area (Å²) in [5.74, 6) is 0.978. The molecule has 2 fully saturated rings. The lowest BCUT2D eigenvalue weighted by Gasteiger charge is -2.20. The first kappa shape index (κ1) is 10.4. The van der Waals surface area contributed by atoms with Crippen molar-refractivity contribution in [1.29, 1.82) is 0 Å². The summed E-state index contributed by atoms with van der Waals surface area (Å²) in [5, 5.41) is 0. The lowest BCUT2D eigenvalue weighted by atomic mass is 10.2. The van der Waals surface area contributed by atoms with Crippen LogP contribution in [0.5, 0.6) is 0 Å². The van der Waals surface area contributed by atoms with E-state index in [9.17, 15) is 0 Å². The molecule has 0 aromatic carbocycles. The van der Waals surface area contributed by atoms with Crippen LogP contribution in [0.4, 0.5) is 0 Å². The molecule has 14 heavy (non-hydrogen) atoms. The second kappa shape index (κ2) is 4.60. The predicted octanol–water partition coefficient (Wildman–Crippen LogP) is 0.834. The third kappa shape index (κ3) is 2.94. The number of hydrogen-bond donors (Lipinski definition) is 1. The van der Waals surface area contributed by atoms with Gasteiger partial charge in [0.05, 0.1) is 12.2 Å². The molecule has 2 aliphatic rings. The Labute approximate surface area is 86.6 Å². The van der Waals surface area contributed by atoms with Gasteiger partial charge in [-0.1, -0.05) is 0 Å². The van der Waals surface area contributed by atoms with Gasteiger partial charge in [0.15, 0.2) is 0 Å². The Bertz CT molecular complexity index is 182. The minimum atomic E-state index is 0.328. The number of rotatable bonds is 5. The Morgan fingerprint density at radius 2 is 1.86 bits per heavy atom. The van der Waals surface area contributed by atoms with Crippen LogP contribution in [0.2, 0.25) is 0 Å². The fraction of sp³-hybridized carbons (Fsp3) is 1.00. The third-order valence-corrected chi connectivity index (χ3v) is 3.24. The number of nitrogens with zero attached hydrogens (tertiary/aromatic N) is 1. The maximum Gasteiger partial charge on any atom is 0.0707 e. The fourth-order valence-electron chi connectivity index (χ4n) is 2.25. The quantitative estimate of drug-likeness (QED) is 0.711. The van der Waals surface area contributed by atoms with E-state index in [-0.39, 0.29) is 0 Å². The lowest BCUT2D eigenvalue weighted by Crippen LogP contribution is -2.31. The smallest absolute Gasteiger partial charge is 0.0707 e. The van der Waals surface area contributed by atoms with Crippen molar-refractivity contribution in [2.24, 2.45) is 11.7 Å². The van der Waals surface area contributed by atoms with Crippen LogP contribution in [-0.4, -0.2) is 43.8 Å². The fourth-order valence-corrected chi connectivity index (χ4v) is 2.25. The van der Waals surface area contributed by atoms with E-state index in [1.165, 1.54) is 25.8 Å². The average Bonchev–Trinajstić information content (AvgIpc) is 2.83. The maximum atomic E-state index is 5.82. The molecule has 2 unspecified atom stereocenters. The summed E-state index contributed by atoms with van der Waals surface area (Å²) in [4.78, 5) is 2.42. The van der Waals surface area contributed by atoms with Crippen molar-refractivity contribution in [2.75, 3.05) is 26.7 Å². The van der Waals surface area contributed by atoms with E-state index in [1.807, 2.05) is 0 Å². The Morgan fingerprint density at radius 1 is 1.14 bits per heavy atom. The van der Waals surface area contributed by atoms with Gasteiger partial charge in [-0.2, -0.15) is 0 Å². The molecule has 1 heterocycles. The first-order valence-electron chi connectivity index (χ1n) is 5.82. The summed E-state index contributed by atoms with van der Waals surface area (Å²) in [7, 11) is 2.21. The molecule has 2 rings (SSSR count). The zero-order chi connectivity index (χ0) is 9.97. The molecule has 82 valence electrons. The van der Waals surface area contributed by atoms with Gasteiger partial charge in [-0.25, -0.2) is 0 Å². The van der Waals surface area contributed by atoms with Crippen LogP contribution in [0.1, 0.15) is 25.7 Å². The van der Waals surface area contributed by atoms with Gasteiger partial charge in [0.1, 0.15) is 0 Å². The van der Waals surface area contributed by atoms with Crippen molar-refractivity contribution in [3.8, 4) is 0 Å². The van der Waals surface area contributed by atoms with Crippen molar-refractivity contribution in [3.05, 3.63) is 0 Å². The highest BCUT2D eigenvalue weighted by molar-refractivity contribution is 4.80. The molecule has 0 aromatic rings. The van der Waals surface area contributed by atoms with Crippen molar-refractivity contribution in [2.45, 2.75) is 37.9 Å². The molecule has 0 aromatic heterocycles. The zero-order valence-electron chi connectivity index (χ0n) is 9.11. The second-order valence-corrected chi connectivity index (χ2v) is 4.86. The largest absolute Gasteiger partial charge is 0.372 e. The van der Waals surface area contributed by atoms with E-state index < -0.39 is 0 Å². The molecule has 0 radical (unpaired) electrons. The lowest BCUT2D eigenvalue weighted by molar-refractivity contribution is 0.0312. The van der Waals surface area contributed by atoms with Crippen LogP contribution in [-0.2, 0) is 4.74 Å². The molecule has 2 N–H and O–H groups in total. The molecular weight excluding hydrogens is 176 g/mol. The SMILES string of the molecule is CN(CC1CC1)CC1CCC(CN)O1. The second-order valence-electron chi connectivity index (χ2n) is 4.86. The Kier molecular flexibility index (Phi) is 3.42. The minimum absolute atomic E-state index is 0.328. The van der Waals surface area contributed by atoms with Crippen molar-refractivity contribution < 1.29 is 4.74 Å². The molecule has 1 aliphatic carbocycles. The monoisotopic (exact) mass is 198 g/mol. The van der Waals surface area contributed by atoms with Crippen molar-refractivity contribution in [3.63, 3.8) is 0 Å². The van der Waals surface area contributed by atoms with Crippen LogP contribution in [0.15, 0.2) is 0 Å². The van der Waals surface area contributed by atoms with Gasteiger partial charge in [0.25, 0.3) is 0 Å². The van der Waals surface area contributed by atoms with E-state index in [1.54, 1.807) is 0 Å². The molecule has 0 bridgehead atoms. The van der Waals surface area contributed by atoms with Gasteiger partial charge in [0, 0.05) is 19.6 Å². The zero-order valence-corrected chi connectivity index (χ0v) is 9.11. The van der Waals surface area contributed by atoms with Gasteiger partial charge in [-0.15, -0.1) is 0 Å². The van der Waals surface area contributed by atoms with Crippen LogP contribution in [0.3, 0.4) is 0 Å². The molecule has 1 aliphatic heterocycles. The molecular formula is C11H22N2O. The highest BCUT2D eigenvalue weighted by Gasteiger charge is 2.27. The van der Waals surface area contributed by atoms with Gasteiger partial charge in [-0.05, 0) is 38.6 Å². The highest BCUT2D eigenvalue weighted by Crippen LogP contribution is 2.29. The highest BCUT2D eigenvalue weighted by atomic mass is 16.5. The average molecular weight is 198 g/mol. The number of ether oxygens (including phenoxy) is 1. The normalized spacial score (nSPS) is 32.8. The topological polar surface area (TPSA) is 38.5 Å². The summed E-state index contributed by atoms with van der Waals surface area (Å²) < 4.78 is 5.82. The van der Waals surface area contributed by atoms with E-state index in [0.29, 0.717) is 18.8 Å². The predicted molar refractivity (Wildman–Crippen MR) is 57.2 cm³/mol. The van der Waals surface area contributed by atoms with Gasteiger partial charge >= 0.3 is 0 Å². The first-order valence-corrected chi connectivity index (χ1v) is 5.82. The standard InChI is InChI=1S/C11H22N2O/c1-13(7-9-2-3-9)8-11-5-4-10(6-12)14-11/h9-11H,2-8,12H2,1H3. The Balaban J connectivity index is 1.64. The van der Waals surface area contributed by atoms with Crippen molar-refractivity contribution in [1.82, 2.24) is 4.90 Å². The Hall–Kier alpha value is -0.120. The number of nitrogens with two attached hydrogens (primary N) is 1. The third-order valence-electron chi connectivity index (χ3n) is 3.24. The molecule has 3 heteroatoms. The summed E-state index contributed by atoms with van der Waals surface area (Å²) in [6.45, 7) is 3.03. The van der Waals surface area contributed by atoms with E-state index in [4.69, 9.17) is 10.5 Å². The van der Waals surface area contributed by atoms with E-state index in [0.717, 1.165) is 18.9 Å². The van der Waals surface area contributed by atoms with Crippen molar-refractivity contribution >= 4 is 0 Å². The summed E-state index contributed by atoms with van der Waals surface area (Å²) >= 11 is 0. The van der Waals surface area contributed by atoms with Crippen LogP contribution >= 0.6 is 0 Å². The maximum absolute atomic E-state index is 5.82. The summed E-state index contributed by atoms with van der Waals surface area (Å²) in [6, 6.07) is 0. The van der Waals surface area contributed by atoms with E-state index in [2.05, 4.69) is 11.9 Å². The first-order chi connectivity index (χ1) is 6.78. The molecule has 1 saturated carbocycles. The molecule has 0 amide bonds. The Morgan fingerprint density at radius 3 is 2.43 bits per heavy atom. The van der Waals surface area contributed by atoms with E-state index >= 15 is 0 Å². The van der Waals surface area contributed by atoms with Gasteiger partial charge in [0.2, 0.25) is 0 Å². The van der Waals surface area contributed by atoms with Gasteiger partial charge < -0.3 is 15.4 Å². The summed E-state index contributed by atoms with van der Waals surface area (Å²) in [6.07, 6.45) is 5.97. The molecule has 2 atom stereocenters. The number of hydrogen-bond acceptors (Lipinski definition) is 3.